The van der Waals surface area contributed by atoms with Gasteiger partial charge in [-0.3, -0.25) is 0 Å². The Bertz CT molecular complexity index is 302. The van der Waals surface area contributed by atoms with Gasteiger partial charge in [0.2, 0.25) is 0 Å². The van der Waals surface area contributed by atoms with Crippen LogP contribution in [0.25, 0.3) is 0 Å². The van der Waals surface area contributed by atoms with Crippen molar-refractivity contribution >= 4 is 0 Å². The molecule has 0 aromatic carbocycles. The summed E-state index contributed by atoms with van der Waals surface area (Å²) in [7, 11) is 12.1. The first-order valence-corrected chi connectivity index (χ1v) is 8.21. The maximum absolute atomic E-state index is 10.3. The topological polar surface area (TPSA) is 79.2 Å². The Labute approximate surface area is 141 Å². The van der Waals surface area contributed by atoms with E-state index >= 15 is 0 Å². The number of likely N-dealkylation sites (N-methyl/N-ethyl adjacent to an activating group) is 2. The summed E-state index contributed by atoms with van der Waals surface area (Å²) in [6, 6.07) is -0.0377. The van der Waals surface area contributed by atoms with Crippen molar-refractivity contribution in [1.29, 1.82) is 0 Å². The third kappa shape index (κ3) is 11.8. The van der Waals surface area contributed by atoms with Crippen LogP contribution in [-0.2, 0) is 9.47 Å². The van der Waals surface area contributed by atoms with E-state index in [0.717, 1.165) is 0 Å². The third-order valence-electron chi connectivity index (χ3n) is 3.59. The highest BCUT2D eigenvalue weighted by Gasteiger charge is 2.31. The molecule has 0 fully saturated rings. The molecule has 0 aromatic rings. The Hall–Kier alpha value is -0.280. The summed E-state index contributed by atoms with van der Waals surface area (Å²) < 4.78 is 12.1. The standard InChI is InChI=1S/C16H38N2O5/c1-17(2,3)11-14(20)12-22-9-7-15(18(4,5)6)16(21)13-23-10-8-19/h14-16,19-21H,7-13H2,1-6H3/q+2. The van der Waals surface area contributed by atoms with Crippen LogP contribution >= 0.6 is 0 Å². The van der Waals surface area contributed by atoms with Crippen LogP contribution in [0.4, 0.5) is 0 Å². The number of aliphatic hydroxyl groups is 3. The summed E-state index contributed by atoms with van der Waals surface area (Å²) in [5.74, 6) is 0. The zero-order chi connectivity index (χ0) is 18.1. The lowest BCUT2D eigenvalue weighted by Crippen LogP contribution is -2.53. The van der Waals surface area contributed by atoms with E-state index in [2.05, 4.69) is 0 Å². The van der Waals surface area contributed by atoms with Gasteiger partial charge < -0.3 is 33.8 Å². The second-order valence-corrected chi connectivity index (χ2v) is 8.04. The lowest BCUT2D eigenvalue weighted by atomic mass is 10.1. The van der Waals surface area contributed by atoms with Crippen LogP contribution in [-0.4, -0.2) is 124 Å². The quantitative estimate of drug-likeness (QED) is 0.294. The number of rotatable bonds is 13. The molecule has 0 aromatic heterocycles. The van der Waals surface area contributed by atoms with Crippen molar-refractivity contribution in [3.05, 3.63) is 0 Å². The van der Waals surface area contributed by atoms with Crippen molar-refractivity contribution in [2.75, 3.05) is 81.9 Å². The average Bonchev–Trinajstić information content (AvgIpc) is 2.34. The predicted molar refractivity (Wildman–Crippen MR) is 90.1 cm³/mol. The van der Waals surface area contributed by atoms with Crippen LogP contribution in [0.2, 0.25) is 0 Å². The first-order valence-electron chi connectivity index (χ1n) is 8.21. The van der Waals surface area contributed by atoms with Crippen molar-refractivity contribution in [3.63, 3.8) is 0 Å². The summed E-state index contributed by atoms with van der Waals surface area (Å²) in [5, 5.41) is 29.0. The fourth-order valence-electron chi connectivity index (χ4n) is 2.58. The molecule has 0 radical (unpaired) electrons. The fourth-order valence-corrected chi connectivity index (χ4v) is 2.58. The number of quaternary nitrogens is 2. The smallest absolute Gasteiger partial charge is 0.129 e. The highest BCUT2D eigenvalue weighted by molar-refractivity contribution is 4.69. The number of hydrogen-bond donors (Lipinski definition) is 3. The molecule has 23 heavy (non-hydrogen) atoms. The minimum absolute atomic E-state index is 0.0377. The Kier molecular flexibility index (Phi) is 10.4. The lowest BCUT2D eigenvalue weighted by molar-refractivity contribution is -0.900. The number of hydrogen-bond acceptors (Lipinski definition) is 5. The molecule has 0 aliphatic heterocycles. The van der Waals surface area contributed by atoms with Gasteiger partial charge >= 0.3 is 0 Å². The minimum atomic E-state index is -0.624. The van der Waals surface area contributed by atoms with E-state index in [1.165, 1.54) is 0 Å². The fraction of sp³-hybridized carbons (Fsp3) is 1.00. The third-order valence-corrected chi connectivity index (χ3v) is 3.59. The van der Waals surface area contributed by atoms with E-state index in [4.69, 9.17) is 14.6 Å². The molecule has 3 atom stereocenters. The molecule has 0 heterocycles. The summed E-state index contributed by atoms with van der Waals surface area (Å²) in [5.41, 5.74) is 0. The minimum Gasteiger partial charge on any atom is -0.394 e. The number of ether oxygens (including phenoxy) is 2. The van der Waals surface area contributed by atoms with Gasteiger partial charge in [0.05, 0.1) is 75.3 Å². The second kappa shape index (κ2) is 10.6. The molecule has 0 spiro atoms. The van der Waals surface area contributed by atoms with Crippen molar-refractivity contribution in [2.24, 2.45) is 0 Å². The molecule has 3 N–H and O–H groups in total. The van der Waals surface area contributed by atoms with Crippen LogP contribution in [0.3, 0.4) is 0 Å². The van der Waals surface area contributed by atoms with Gasteiger partial charge in [-0.15, -0.1) is 0 Å². The zero-order valence-corrected chi connectivity index (χ0v) is 15.7. The average molecular weight is 338 g/mol. The van der Waals surface area contributed by atoms with E-state index in [0.29, 0.717) is 35.1 Å². The lowest BCUT2D eigenvalue weighted by Gasteiger charge is -2.37. The molecular weight excluding hydrogens is 300 g/mol. The van der Waals surface area contributed by atoms with E-state index < -0.39 is 12.2 Å². The van der Waals surface area contributed by atoms with Gasteiger partial charge in [0.15, 0.2) is 0 Å². The van der Waals surface area contributed by atoms with Crippen LogP contribution in [0.5, 0.6) is 0 Å². The normalized spacial score (nSPS) is 17.1. The van der Waals surface area contributed by atoms with Gasteiger partial charge in [-0.05, 0) is 0 Å². The van der Waals surface area contributed by atoms with Crippen molar-refractivity contribution < 1.29 is 33.8 Å². The van der Waals surface area contributed by atoms with Crippen molar-refractivity contribution in [1.82, 2.24) is 0 Å². The SMILES string of the molecule is C[N+](C)(C)CC(O)COCCC(C(O)COCCO)[N+](C)(C)C. The van der Waals surface area contributed by atoms with Gasteiger partial charge in [-0.2, -0.15) is 0 Å². The van der Waals surface area contributed by atoms with E-state index in [-0.39, 0.29) is 25.9 Å². The van der Waals surface area contributed by atoms with E-state index in [1.54, 1.807) is 0 Å². The Morgan fingerprint density at radius 2 is 1.43 bits per heavy atom. The molecule has 0 amide bonds. The molecule has 0 aliphatic rings. The van der Waals surface area contributed by atoms with Crippen LogP contribution in [0.1, 0.15) is 6.42 Å². The number of aliphatic hydroxyl groups excluding tert-OH is 3. The van der Waals surface area contributed by atoms with E-state index in [1.807, 2.05) is 42.3 Å². The monoisotopic (exact) mass is 338 g/mol. The van der Waals surface area contributed by atoms with Gasteiger partial charge in [-0.25, -0.2) is 0 Å². The summed E-state index contributed by atoms with van der Waals surface area (Å²) in [6.07, 6.45) is -0.443. The van der Waals surface area contributed by atoms with Crippen LogP contribution in [0.15, 0.2) is 0 Å². The first-order chi connectivity index (χ1) is 10.5. The van der Waals surface area contributed by atoms with Crippen LogP contribution < -0.4 is 0 Å². The first kappa shape index (κ1) is 22.7. The number of nitrogens with zero attached hydrogens (tertiary/aromatic N) is 2. The van der Waals surface area contributed by atoms with Gasteiger partial charge in [0, 0.05) is 6.42 Å². The molecular formula is C16H38N2O5+2. The zero-order valence-electron chi connectivity index (χ0n) is 15.7. The Balaban J connectivity index is 4.21. The Morgan fingerprint density at radius 1 is 0.870 bits per heavy atom. The predicted octanol–water partition coefficient (Wildman–Crippen LogP) is -1.10. The molecule has 0 saturated carbocycles. The highest BCUT2D eigenvalue weighted by Crippen LogP contribution is 2.13. The Morgan fingerprint density at radius 3 is 1.91 bits per heavy atom. The largest absolute Gasteiger partial charge is 0.394 e. The molecule has 0 aliphatic carbocycles. The molecule has 0 bridgehead atoms. The molecule has 0 saturated heterocycles. The van der Waals surface area contributed by atoms with Gasteiger partial charge in [-0.1, -0.05) is 0 Å². The summed E-state index contributed by atoms with van der Waals surface area (Å²) >= 11 is 0. The maximum atomic E-state index is 10.3. The van der Waals surface area contributed by atoms with Crippen LogP contribution in [0, 0.1) is 0 Å². The van der Waals surface area contributed by atoms with Crippen molar-refractivity contribution in [3.8, 4) is 0 Å². The summed E-state index contributed by atoms with van der Waals surface area (Å²) in [4.78, 5) is 0. The second-order valence-electron chi connectivity index (χ2n) is 8.04. The van der Waals surface area contributed by atoms with Gasteiger partial charge in [0.25, 0.3) is 0 Å². The summed E-state index contributed by atoms with van der Waals surface area (Å²) in [6.45, 7) is 1.80. The molecule has 140 valence electrons. The van der Waals surface area contributed by atoms with E-state index in [9.17, 15) is 10.2 Å². The molecule has 0 rings (SSSR count). The maximum Gasteiger partial charge on any atom is 0.129 e. The molecule has 7 heteroatoms. The highest BCUT2D eigenvalue weighted by atomic mass is 16.5. The molecule has 7 nitrogen and oxygen atoms in total. The molecule has 3 unspecified atom stereocenters. The van der Waals surface area contributed by atoms with Crippen molar-refractivity contribution in [2.45, 2.75) is 24.7 Å². The van der Waals surface area contributed by atoms with Gasteiger partial charge in [0.1, 0.15) is 24.8 Å².